The minimum absolute atomic E-state index is 0.0100. The summed E-state index contributed by atoms with van der Waals surface area (Å²) in [6.45, 7) is 0. The van der Waals surface area contributed by atoms with Crippen LogP contribution in [-0.4, -0.2) is 15.9 Å². The van der Waals surface area contributed by atoms with E-state index in [0.29, 0.717) is 11.3 Å². The van der Waals surface area contributed by atoms with Crippen molar-refractivity contribution in [1.82, 2.24) is 0 Å². The van der Waals surface area contributed by atoms with E-state index >= 15 is 0 Å². The molecule has 0 aromatic heterocycles. The highest BCUT2D eigenvalue weighted by molar-refractivity contribution is 5.99. The lowest BCUT2D eigenvalue weighted by Gasteiger charge is -2.01. The van der Waals surface area contributed by atoms with Gasteiger partial charge in [0.15, 0.2) is 0 Å². The maximum Gasteiger partial charge on any atom is 0.269 e. The van der Waals surface area contributed by atoms with Crippen molar-refractivity contribution in [3.63, 3.8) is 0 Å². The number of anilines is 1. The van der Waals surface area contributed by atoms with Crippen LogP contribution in [0.4, 0.5) is 11.4 Å². The summed E-state index contributed by atoms with van der Waals surface area (Å²) in [6, 6.07) is 14.7. The highest BCUT2D eigenvalue weighted by Gasteiger charge is 2.02. The Labute approximate surface area is 132 Å². The molecule has 6 heteroatoms. The standard InChI is InChI=1S/C17H14N2O4/c20-16(12-17(21)18-14-4-2-1-3-5-14)11-8-13-6-9-15(10-7-13)19(22)23/h1-12,20H,(H,18,21)/b11-8+,16-12-. The second-order valence-electron chi connectivity index (χ2n) is 4.61. The Morgan fingerprint density at radius 1 is 1.09 bits per heavy atom. The fraction of sp³-hybridized carbons (Fsp3) is 0. The van der Waals surface area contributed by atoms with E-state index in [0.717, 1.165) is 6.08 Å². The average Bonchev–Trinajstić information content (AvgIpc) is 2.54. The average molecular weight is 310 g/mol. The molecule has 23 heavy (non-hydrogen) atoms. The van der Waals surface area contributed by atoms with Crippen LogP contribution >= 0.6 is 0 Å². The third kappa shape index (κ3) is 5.13. The van der Waals surface area contributed by atoms with Gasteiger partial charge in [-0.2, -0.15) is 0 Å². The summed E-state index contributed by atoms with van der Waals surface area (Å²) in [5.41, 5.74) is 1.28. The maximum absolute atomic E-state index is 11.7. The molecular weight excluding hydrogens is 296 g/mol. The Morgan fingerprint density at radius 2 is 1.74 bits per heavy atom. The number of allylic oxidation sites excluding steroid dienone is 1. The van der Waals surface area contributed by atoms with E-state index in [1.54, 1.807) is 42.5 Å². The first kappa shape index (κ1) is 16.0. The molecule has 0 bridgehead atoms. The van der Waals surface area contributed by atoms with Gasteiger partial charge in [-0.1, -0.05) is 24.3 Å². The van der Waals surface area contributed by atoms with E-state index in [2.05, 4.69) is 5.32 Å². The fourth-order valence-electron chi connectivity index (χ4n) is 1.77. The number of aliphatic hydroxyl groups is 1. The minimum atomic E-state index is -0.487. The lowest BCUT2D eigenvalue weighted by atomic mass is 10.2. The molecule has 0 spiro atoms. The number of rotatable bonds is 5. The van der Waals surface area contributed by atoms with Crippen LogP contribution in [0, 0.1) is 10.1 Å². The SMILES string of the molecule is O=C(/C=C(O)/C=C/c1ccc([N+](=O)[O-])cc1)Nc1ccccc1. The first-order chi connectivity index (χ1) is 11.0. The third-order valence-electron chi connectivity index (χ3n) is 2.87. The van der Waals surface area contributed by atoms with Crippen LogP contribution in [0.15, 0.2) is 72.5 Å². The Hall–Kier alpha value is -3.41. The van der Waals surface area contributed by atoms with Crippen molar-refractivity contribution in [2.75, 3.05) is 5.32 Å². The van der Waals surface area contributed by atoms with Gasteiger partial charge in [0.2, 0.25) is 0 Å². The third-order valence-corrected chi connectivity index (χ3v) is 2.87. The van der Waals surface area contributed by atoms with Crippen LogP contribution in [-0.2, 0) is 4.79 Å². The lowest BCUT2D eigenvalue weighted by Crippen LogP contribution is -2.08. The molecule has 0 aliphatic rings. The smallest absolute Gasteiger partial charge is 0.269 e. The van der Waals surface area contributed by atoms with Crippen molar-refractivity contribution in [1.29, 1.82) is 0 Å². The highest BCUT2D eigenvalue weighted by Crippen LogP contribution is 2.13. The van der Waals surface area contributed by atoms with Gasteiger partial charge in [0, 0.05) is 23.9 Å². The predicted octanol–water partition coefficient (Wildman–Crippen LogP) is 3.69. The van der Waals surface area contributed by atoms with E-state index in [1.807, 2.05) is 6.07 Å². The zero-order valence-corrected chi connectivity index (χ0v) is 12.0. The molecule has 2 rings (SSSR count). The van der Waals surface area contributed by atoms with Crippen molar-refractivity contribution in [3.05, 3.63) is 88.2 Å². The zero-order chi connectivity index (χ0) is 16.7. The van der Waals surface area contributed by atoms with Gasteiger partial charge < -0.3 is 10.4 Å². The lowest BCUT2D eigenvalue weighted by molar-refractivity contribution is -0.384. The highest BCUT2D eigenvalue weighted by atomic mass is 16.6. The van der Waals surface area contributed by atoms with Gasteiger partial charge in [-0.15, -0.1) is 0 Å². The fourth-order valence-corrected chi connectivity index (χ4v) is 1.77. The van der Waals surface area contributed by atoms with Gasteiger partial charge in [0.25, 0.3) is 11.6 Å². The number of amides is 1. The normalized spacial score (nSPS) is 11.4. The van der Waals surface area contributed by atoms with Gasteiger partial charge in [0.1, 0.15) is 5.76 Å². The predicted molar refractivity (Wildman–Crippen MR) is 87.9 cm³/mol. The summed E-state index contributed by atoms with van der Waals surface area (Å²) in [5.74, 6) is -0.682. The van der Waals surface area contributed by atoms with Gasteiger partial charge in [-0.05, 0) is 35.9 Å². The molecule has 0 saturated carbocycles. The Bertz CT molecular complexity index is 750. The summed E-state index contributed by atoms with van der Waals surface area (Å²) in [5, 5.41) is 22.9. The number of nitro groups is 1. The van der Waals surface area contributed by atoms with Crippen LogP contribution in [0.2, 0.25) is 0 Å². The first-order valence-corrected chi connectivity index (χ1v) is 6.74. The van der Waals surface area contributed by atoms with Crippen molar-refractivity contribution >= 4 is 23.4 Å². The van der Waals surface area contributed by atoms with Gasteiger partial charge >= 0.3 is 0 Å². The van der Waals surface area contributed by atoms with Crippen molar-refractivity contribution in [3.8, 4) is 0 Å². The van der Waals surface area contributed by atoms with Crippen LogP contribution < -0.4 is 5.32 Å². The number of para-hydroxylation sites is 1. The molecule has 116 valence electrons. The Kier molecular flexibility index (Phi) is 5.25. The Morgan fingerprint density at radius 3 is 2.35 bits per heavy atom. The summed E-state index contributed by atoms with van der Waals surface area (Å²) < 4.78 is 0. The van der Waals surface area contributed by atoms with Crippen molar-refractivity contribution < 1.29 is 14.8 Å². The molecule has 0 unspecified atom stereocenters. The molecule has 6 nitrogen and oxygen atoms in total. The molecule has 0 saturated heterocycles. The second-order valence-corrected chi connectivity index (χ2v) is 4.61. The molecule has 0 aliphatic carbocycles. The number of hydrogen-bond acceptors (Lipinski definition) is 4. The van der Waals surface area contributed by atoms with Crippen LogP contribution in [0.5, 0.6) is 0 Å². The number of nitrogens with one attached hydrogen (secondary N) is 1. The molecule has 2 aromatic carbocycles. The largest absolute Gasteiger partial charge is 0.508 e. The molecule has 2 N–H and O–H groups in total. The minimum Gasteiger partial charge on any atom is -0.508 e. The van der Waals surface area contributed by atoms with Gasteiger partial charge in [-0.3, -0.25) is 14.9 Å². The number of non-ortho nitro benzene ring substituents is 1. The molecule has 0 heterocycles. The van der Waals surface area contributed by atoms with E-state index in [-0.39, 0.29) is 11.4 Å². The van der Waals surface area contributed by atoms with E-state index in [4.69, 9.17) is 0 Å². The van der Waals surface area contributed by atoms with Crippen molar-refractivity contribution in [2.24, 2.45) is 0 Å². The molecular formula is C17H14N2O4. The summed E-state index contributed by atoms with van der Waals surface area (Å²) >= 11 is 0. The number of aliphatic hydroxyl groups excluding tert-OH is 1. The molecule has 0 fully saturated rings. The summed E-state index contributed by atoms with van der Waals surface area (Å²) in [7, 11) is 0. The Balaban J connectivity index is 1.98. The zero-order valence-electron chi connectivity index (χ0n) is 12.0. The summed E-state index contributed by atoms with van der Waals surface area (Å²) in [4.78, 5) is 21.8. The van der Waals surface area contributed by atoms with Crippen molar-refractivity contribution in [2.45, 2.75) is 0 Å². The van der Waals surface area contributed by atoms with Crippen LogP contribution in [0.3, 0.4) is 0 Å². The number of nitrogens with zero attached hydrogens (tertiary/aromatic N) is 1. The van der Waals surface area contributed by atoms with E-state index in [1.165, 1.54) is 18.2 Å². The number of hydrogen-bond donors (Lipinski definition) is 2. The number of carbonyl (C=O) groups excluding carboxylic acids is 1. The maximum atomic E-state index is 11.7. The number of benzene rings is 2. The number of nitro benzene ring substituents is 1. The number of carbonyl (C=O) groups is 1. The molecule has 0 atom stereocenters. The van der Waals surface area contributed by atoms with Gasteiger partial charge in [0.05, 0.1) is 4.92 Å². The van der Waals surface area contributed by atoms with Gasteiger partial charge in [-0.25, -0.2) is 0 Å². The summed E-state index contributed by atoms with van der Waals surface area (Å²) in [6.07, 6.45) is 3.94. The molecule has 1 amide bonds. The van der Waals surface area contributed by atoms with E-state index < -0.39 is 10.8 Å². The second kappa shape index (κ2) is 7.56. The monoisotopic (exact) mass is 310 g/mol. The molecule has 2 aromatic rings. The van der Waals surface area contributed by atoms with Crippen LogP contribution in [0.1, 0.15) is 5.56 Å². The van der Waals surface area contributed by atoms with Crippen LogP contribution in [0.25, 0.3) is 6.08 Å². The first-order valence-electron chi connectivity index (χ1n) is 6.74. The topological polar surface area (TPSA) is 92.5 Å². The molecule has 0 radical (unpaired) electrons. The molecule has 0 aliphatic heterocycles. The van der Waals surface area contributed by atoms with E-state index in [9.17, 15) is 20.0 Å². The quantitative estimate of drug-likeness (QED) is 0.289.